The van der Waals surface area contributed by atoms with Crippen LogP contribution < -0.4 is 21.1 Å². The Kier molecular flexibility index (Phi) is 9.34. The van der Waals surface area contributed by atoms with Crippen LogP contribution in [-0.2, 0) is 11.3 Å². The number of nitrogens with one attached hydrogen (secondary N) is 2. The van der Waals surface area contributed by atoms with E-state index in [9.17, 15) is 4.79 Å². The van der Waals surface area contributed by atoms with Gasteiger partial charge in [0.05, 0.1) is 6.54 Å². The predicted octanol–water partition coefficient (Wildman–Crippen LogP) is 2.04. The second-order valence-electron chi connectivity index (χ2n) is 5.66. The number of aliphatic imine (C=N–C) groups is 1. The molecule has 0 unspecified atom stereocenters. The van der Waals surface area contributed by atoms with E-state index in [1.807, 2.05) is 25.1 Å². The smallest absolute Gasteiger partial charge is 0.255 e. The Morgan fingerprint density at radius 2 is 2.00 bits per heavy atom. The summed E-state index contributed by atoms with van der Waals surface area (Å²) in [5.74, 6) is 1.60. The van der Waals surface area contributed by atoms with Gasteiger partial charge in [-0.15, -0.1) is 0 Å². The molecule has 0 radical (unpaired) electrons. The molecule has 0 spiro atoms. The Balaban J connectivity index is 2.64. The minimum atomic E-state index is -0.488. The molecule has 24 heavy (non-hydrogen) atoms. The van der Waals surface area contributed by atoms with Crippen LogP contribution in [0.25, 0.3) is 0 Å². The van der Waals surface area contributed by atoms with Crippen LogP contribution >= 0.6 is 0 Å². The Morgan fingerprint density at radius 1 is 1.25 bits per heavy atom. The fraction of sp³-hybridized carbons (Fsp3) is 0.556. The molecule has 1 rings (SSSR count). The molecule has 6 heteroatoms. The monoisotopic (exact) mass is 334 g/mol. The quantitative estimate of drug-likeness (QED) is 0.451. The zero-order chi connectivity index (χ0) is 17.8. The van der Waals surface area contributed by atoms with Gasteiger partial charge in [0.15, 0.2) is 12.6 Å². The summed E-state index contributed by atoms with van der Waals surface area (Å²) in [5.41, 5.74) is 6.10. The van der Waals surface area contributed by atoms with E-state index in [0.29, 0.717) is 18.2 Å². The minimum absolute atomic E-state index is 0.119. The lowest BCUT2D eigenvalue weighted by Gasteiger charge is -2.16. The van der Waals surface area contributed by atoms with Gasteiger partial charge in [0, 0.05) is 13.1 Å². The minimum Gasteiger partial charge on any atom is -0.484 e. The van der Waals surface area contributed by atoms with Crippen molar-refractivity contribution in [3.63, 3.8) is 0 Å². The molecule has 1 amide bonds. The van der Waals surface area contributed by atoms with Gasteiger partial charge < -0.3 is 21.1 Å². The number of nitrogens with two attached hydrogens (primary N) is 1. The Morgan fingerprint density at radius 3 is 2.62 bits per heavy atom. The van der Waals surface area contributed by atoms with Crippen LogP contribution in [0, 0.1) is 5.92 Å². The average Bonchev–Trinajstić information content (AvgIpc) is 2.59. The number of guanidine groups is 1. The third-order valence-electron chi connectivity index (χ3n) is 3.76. The van der Waals surface area contributed by atoms with Crippen molar-refractivity contribution in [2.45, 2.75) is 40.2 Å². The van der Waals surface area contributed by atoms with Crippen molar-refractivity contribution in [2.24, 2.45) is 16.6 Å². The molecule has 0 aliphatic rings. The molecule has 0 atom stereocenters. The Bertz CT molecular complexity index is 528. The second-order valence-corrected chi connectivity index (χ2v) is 5.66. The lowest BCUT2D eigenvalue weighted by Crippen LogP contribution is -2.39. The number of primary amides is 1. The molecule has 4 N–H and O–H groups in total. The zero-order valence-electron chi connectivity index (χ0n) is 15.0. The molecular formula is C18H30N4O2. The number of rotatable bonds is 10. The van der Waals surface area contributed by atoms with E-state index in [2.05, 4.69) is 29.5 Å². The molecule has 0 fully saturated rings. The third kappa shape index (κ3) is 7.85. The van der Waals surface area contributed by atoms with Crippen LogP contribution in [0.5, 0.6) is 5.75 Å². The highest BCUT2D eigenvalue weighted by atomic mass is 16.5. The van der Waals surface area contributed by atoms with Crippen LogP contribution in [0.2, 0.25) is 0 Å². The average molecular weight is 334 g/mol. The number of hydrogen-bond donors (Lipinski definition) is 3. The molecule has 6 nitrogen and oxygen atoms in total. The van der Waals surface area contributed by atoms with Crippen molar-refractivity contribution in [3.8, 4) is 5.75 Å². The van der Waals surface area contributed by atoms with Gasteiger partial charge in [0.25, 0.3) is 5.91 Å². The number of carbonyl (C=O) groups is 1. The summed E-state index contributed by atoms with van der Waals surface area (Å²) in [6, 6.07) is 7.53. The van der Waals surface area contributed by atoms with Gasteiger partial charge in [-0.1, -0.05) is 38.8 Å². The summed E-state index contributed by atoms with van der Waals surface area (Å²) in [6.07, 6.45) is 2.31. The van der Waals surface area contributed by atoms with E-state index in [1.54, 1.807) is 6.07 Å². The van der Waals surface area contributed by atoms with E-state index in [1.165, 1.54) is 0 Å². The maximum Gasteiger partial charge on any atom is 0.255 e. The van der Waals surface area contributed by atoms with Gasteiger partial charge in [-0.2, -0.15) is 0 Å². The highest BCUT2D eigenvalue weighted by molar-refractivity contribution is 5.79. The van der Waals surface area contributed by atoms with E-state index >= 15 is 0 Å². The van der Waals surface area contributed by atoms with Gasteiger partial charge in [-0.3, -0.25) is 4.79 Å². The largest absolute Gasteiger partial charge is 0.484 e. The SMILES string of the molecule is CCNC(=NCc1cccc(OCC(N)=O)c1)NCC(CC)CC. The molecule has 0 aliphatic heterocycles. The molecule has 0 bridgehead atoms. The summed E-state index contributed by atoms with van der Waals surface area (Å²) in [5, 5.41) is 6.65. The summed E-state index contributed by atoms with van der Waals surface area (Å²) in [7, 11) is 0. The first-order valence-electron chi connectivity index (χ1n) is 8.61. The van der Waals surface area contributed by atoms with Gasteiger partial charge in [-0.05, 0) is 30.5 Å². The molecule has 134 valence electrons. The predicted molar refractivity (Wildman–Crippen MR) is 98.0 cm³/mol. The summed E-state index contributed by atoms with van der Waals surface area (Å²) in [6.45, 7) is 8.61. The van der Waals surface area contributed by atoms with Crippen LogP contribution in [0.15, 0.2) is 29.3 Å². The number of carbonyl (C=O) groups excluding carboxylic acids is 1. The van der Waals surface area contributed by atoms with Crippen LogP contribution in [0.3, 0.4) is 0 Å². The highest BCUT2D eigenvalue weighted by Crippen LogP contribution is 2.14. The van der Waals surface area contributed by atoms with Gasteiger partial charge in [0.2, 0.25) is 0 Å². The number of nitrogens with zero attached hydrogens (tertiary/aromatic N) is 1. The number of hydrogen-bond acceptors (Lipinski definition) is 3. The van der Waals surface area contributed by atoms with Crippen molar-refractivity contribution in [1.82, 2.24) is 10.6 Å². The number of amides is 1. The van der Waals surface area contributed by atoms with Crippen LogP contribution in [-0.4, -0.2) is 31.6 Å². The molecule has 0 aromatic heterocycles. The normalized spacial score (nSPS) is 11.4. The summed E-state index contributed by atoms with van der Waals surface area (Å²) >= 11 is 0. The standard InChI is InChI=1S/C18H30N4O2/c1-4-14(5-2)11-21-18(20-6-3)22-12-15-8-7-9-16(10-15)24-13-17(19)23/h7-10,14H,4-6,11-13H2,1-3H3,(H2,19,23)(H2,20,21,22). The van der Waals surface area contributed by atoms with Gasteiger partial charge in [-0.25, -0.2) is 4.99 Å². The lowest BCUT2D eigenvalue weighted by atomic mass is 10.0. The van der Waals surface area contributed by atoms with E-state index in [4.69, 9.17) is 10.5 Å². The summed E-state index contributed by atoms with van der Waals surface area (Å²) in [4.78, 5) is 15.4. The zero-order valence-corrected chi connectivity index (χ0v) is 15.0. The molecule has 0 saturated carbocycles. The Hall–Kier alpha value is -2.24. The first-order valence-corrected chi connectivity index (χ1v) is 8.61. The topological polar surface area (TPSA) is 88.7 Å². The van der Waals surface area contributed by atoms with Crippen molar-refractivity contribution >= 4 is 11.9 Å². The number of ether oxygens (including phenoxy) is 1. The molecule has 1 aromatic rings. The summed E-state index contributed by atoms with van der Waals surface area (Å²) < 4.78 is 5.32. The Labute approximate surface area is 144 Å². The van der Waals surface area contributed by atoms with E-state index in [-0.39, 0.29) is 6.61 Å². The molecular weight excluding hydrogens is 304 g/mol. The second kappa shape index (κ2) is 11.3. The molecule has 0 saturated heterocycles. The first-order chi connectivity index (χ1) is 11.6. The highest BCUT2D eigenvalue weighted by Gasteiger charge is 2.05. The van der Waals surface area contributed by atoms with Crippen molar-refractivity contribution < 1.29 is 9.53 Å². The van der Waals surface area contributed by atoms with E-state index in [0.717, 1.165) is 37.5 Å². The third-order valence-corrected chi connectivity index (χ3v) is 3.76. The maximum atomic E-state index is 10.8. The van der Waals surface area contributed by atoms with Crippen molar-refractivity contribution in [3.05, 3.63) is 29.8 Å². The number of benzene rings is 1. The molecule has 0 heterocycles. The fourth-order valence-electron chi connectivity index (χ4n) is 2.22. The van der Waals surface area contributed by atoms with Crippen molar-refractivity contribution in [2.75, 3.05) is 19.7 Å². The fourth-order valence-corrected chi connectivity index (χ4v) is 2.22. The van der Waals surface area contributed by atoms with E-state index < -0.39 is 5.91 Å². The molecule has 0 aliphatic carbocycles. The van der Waals surface area contributed by atoms with Gasteiger partial charge in [0.1, 0.15) is 5.75 Å². The van der Waals surface area contributed by atoms with Crippen molar-refractivity contribution in [1.29, 1.82) is 0 Å². The first kappa shape index (κ1) is 19.8. The van der Waals surface area contributed by atoms with Crippen LogP contribution in [0.4, 0.5) is 0 Å². The van der Waals surface area contributed by atoms with Crippen LogP contribution in [0.1, 0.15) is 39.2 Å². The maximum absolute atomic E-state index is 10.8. The lowest BCUT2D eigenvalue weighted by molar-refractivity contribution is -0.119. The molecule has 1 aromatic carbocycles. The van der Waals surface area contributed by atoms with Gasteiger partial charge >= 0.3 is 0 Å².